The Kier molecular flexibility index (Phi) is 5.19. The van der Waals surface area contributed by atoms with Gasteiger partial charge in [0.2, 0.25) is 5.91 Å². The number of anilines is 1. The lowest BCUT2D eigenvalue weighted by atomic mass is 10.0. The number of amides is 1. The van der Waals surface area contributed by atoms with E-state index in [9.17, 15) is 18.0 Å². The highest BCUT2D eigenvalue weighted by Gasteiger charge is 2.37. The van der Waals surface area contributed by atoms with Gasteiger partial charge in [0.15, 0.2) is 0 Å². The van der Waals surface area contributed by atoms with Crippen LogP contribution in [0.1, 0.15) is 42.3 Å². The third-order valence-corrected chi connectivity index (χ3v) is 6.27. The summed E-state index contributed by atoms with van der Waals surface area (Å²) in [5, 5.41) is 0. The Balaban J connectivity index is 1.54. The van der Waals surface area contributed by atoms with Crippen molar-refractivity contribution in [1.29, 1.82) is 0 Å². The van der Waals surface area contributed by atoms with Crippen LogP contribution in [-0.2, 0) is 11.0 Å². The van der Waals surface area contributed by atoms with Gasteiger partial charge in [0.05, 0.1) is 22.6 Å². The van der Waals surface area contributed by atoms with E-state index in [4.69, 9.17) is 4.98 Å². The van der Waals surface area contributed by atoms with E-state index < -0.39 is 11.7 Å². The van der Waals surface area contributed by atoms with Gasteiger partial charge in [0.25, 0.3) is 0 Å². The summed E-state index contributed by atoms with van der Waals surface area (Å²) >= 11 is 0. The smallest absolute Gasteiger partial charge is 0.320 e. The predicted octanol–water partition coefficient (Wildman–Crippen LogP) is 6.18. The Morgan fingerprint density at radius 3 is 2.45 bits per heavy atom. The van der Waals surface area contributed by atoms with E-state index in [-0.39, 0.29) is 36.5 Å². The maximum Gasteiger partial charge on any atom is 0.416 e. The van der Waals surface area contributed by atoms with Crippen LogP contribution >= 0.6 is 0 Å². The molecule has 0 saturated carbocycles. The molecule has 33 heavy (non-hydrogen) atoms. The molecule has 0 aliphatic carbocycles. The summed E-state index contributed by atoms with van der Waals surface area (Å²) in [4.78, 5) is 19.2. The van der Waals surface area contributed by atoms with E-state index >= 15 is 0 Å². The zero-order valence-electron chi connectivity index (χ0n) is 18.0. The molecule has 168 valence electrons. The van der Waals surface area contributed by atoms with Crippen molar-refractivity contribution in [2.45, 2.75) is 31.5 Å². The summed E-state index contributed by atoms with van der Waals surface area (Å²) in [5.74, 6) is 0.339. The van der Waals surface area contributed by atoms with Gasteiger partial charge in [-0.25, -0.2) is 4.98 Å². The number of imidazole rings is 1. The molecular weight excluding hydrogens is 427 g/mol. The maximum absolute atomic E-state index is 13.2. The quantitative estimate of drug-likeness (QED) is 0.373. The average molecular weight is 449 g/mol. The zero-order valence-corrected chi connectivity index (χ0v) is 18.0. The van der Waals surface area contributed by atoms with E-state index in [1.807, 2.05) is 42.5 Å². The third-order valence-electron chi connectivity index (χ3n) is 6.27. The molecule has 0 N–H and O–H groups in total. The number of fused-ring (bicyclic) bond motifs is 1. The van der Waals surface area contributed by atoms with Crippen molar-refractivity contribution in [3.8, 4) is 0 Å². The Morgan fingerprint density at radius 2 is 1.70 bits per heavy atom. The molecule has 1 saturated heterocycles. The van der Waals surface area contributed by atoms with Crippen LogP contribution in [0.5, 0.6) is 0 Å². The second-order valence-corrected chi connectivity index (χ2v) is 8.37. The highest BCUT2D eigenvalue weighted by atomic mass is 19.4. The van der Waals surface area contributed by atoms with Gasteiger partial charge in [-0.15, -0.1) is 0 Å². The summed E-state index contributed by atoms with van der Waals surface area (Å²) in [5.41, 5.74) is 2.41. The molecule has 5 rings (SSSR count). The van der Waals surface area contributed by atoms with Crippen LogP contribution in [-0.4, -0.2) is 22.0 Å². The van der Waals surface area contributed by atoms with Crippen LogP contribution in [0.2, 0.25) is 0 Å². The number of hydrogen-bond donors (Lipinski definition) is 0. The second kappa shape index (κ2) is 8.06. The molecule has 7 heteroatoms. The standard InChI is InChI=1S/C26H22F3N3O/c1-17(18-8-3-2-4-9-18)32-23-13-6-5-12-22(23)30-25(32)19-14-24(33)31(16-19)21-11-7-10-20(15-21)26(27,28)29/h2-13,15,17,19H,14,16H2,1H3/t17-,19-/m1/s1. The third kappa shape index (κ3) is 3.88. The first-order valence-corrected chi connectivity index (χ1v) is 10.8. The number of para-hydroxylation sites is 2. The monoisotopic (exact) mass is 449 g/mol. The van der Waals surface area contributed by atoms with E-state index in [1.165, 1.54) is 11.0 Å². The minimum atomic E-state index is -4.46. The van der Waals surface area contributed by atoms with Gasteiger partial charge in [-0.05, 0) is 42.8 Å². The molecule has 1 aromatic heterocycles. The van der Waals surface area contributed by atoms with Crippen molar-refractivity contribution in [3.05, 3.63) is 95.8 Å². The topological polar surface area (TPSA) is 38.1 Å². The largest absolute Gasteiger partial charge is 0.416 e. The van der Waals surface area contributed by atoms with Crippen molar-refractivity contribution < 1.29 is 18.0 Å². The fourth-order valence-electron chi connectivity index (χ4n) is 4.62. The molecule has 4 nitrogen and oxygen atoms in total. The summed E-state index contributed by atoms with van der Waals surface area (Å²) in [6, 6.07) is 22.8. The molecule has 2 atom stereocenters. The van der Waals surface area contributed by atoms with Crippen molar-refractivity contribution in [2.75, 3.05) is 11.4 Å². The summed E-state index contributed by atoms with van der Waals surface area (Å²) in [6.45, 7) is 2.37. The highest BCUT2D eigenvalue weighted by Crippen LogP contribution is 2.38. The number of alkyl halides is 3. The zero-order chi connectivity index (χ0) is 23.2. The minimum absolute atomic E-state index is 0.0219. The van der Waals surface area contributed by atoms with Gasteiger partial charge in [0, 0.05) is 24.6 Å². The van der Waals surface area contributed by atoms with Gasteiger partial charge < -0.3 is 9.47 Å². The fourth-order valence-corrected chi connectivity index (χ4v) is 4.62. The number of rotatable bonds is 4. The van der Waals surface area contributed by atoms with Crippen LogP contribution in [0.4, 0.5) is 18.9 Å². The molecule has 1 amide bonds. The summed E-state index contributed by atoms with van der Waals surface area (Å²) in [7, 11) is 0. The number of carbonyl (C=O) groups excluding carboxylic acids is 1. The first kappa shape index (κ1) is 21.2. The minimum Gasteiger partial charge on any atom is -0.320 e. The Labute approximate surface area is 189 Å². The molecule has 3 aromatic carbocycles. The maximum atomic E-state index is 13.2. The van der Waals surface area contributed by atoms with Gasteiger partial charge in [-0.2, -0.15) is 13.2 Å². The molecule has 1 aliphatic heterocycles. The second-order valence-electron chi connectivity index (χ2n) is 8.37. The van der Waals surface area contributed by atoms with E-state index in [0.29, 0.717) is 0 Å². The lowest BCUT2D eigenvalue weighted by Gasteiger charge is -2.21. The van der Waals surface area contributed by atoms with Crippen LogP contribution in [0.15, 0.2) is 78.9 Å². The van der Waals surface area contributed by atoms with Crippen molar-refractivity contribution >= 4 is 22.6 Å². The number of aromatic nitrogens is 2. The molecule has 0 unspecified atom stereocenters. The van der Waals surface area contributed by atoms with Gasteiger partial charge in [-0.1, -0.05) is 48.5 Å². The van der Waals surface area contributed by atoms with Crippen molar-refractivity contribution in [3.63, 3.8) is 0 Å². The molecule has 2 heterocycles. The number of nitrogens with zero attached hydrogens (tertiary/aromatic N) is 3. The van der Waals surface area contributed by atoms with Crippen molar-refractivity contribution in [1.82, 2.24) is 9.55 Å². The fraction of sp³-hybridized carbons (Fsp3) is 0.231. The highest BCUT2D eigenvalue weighted by molar-refractivity contribution is 5.96. The van der Waals surface area contributed by atoms with Gasteiger partial charge in [0.1, 0.15) is 5.82 Å². The van der Waals surface area contributed by atoms with Gasteiger partial charge >= 0.3 is 6.18 Å². The molecule has 0 radical (unpaired) electrons. The Hall–Kier alpha value is -3.61. The van der Waals surface area contributed by atoms with Crippen LogP contribution in [0, 0.1) is 0 Å². The van der Waals surface area contributed by atoms with E-state index in [2.05, 4.69) is 23.6 Å². The lowest BCUT2D eigenvalue weighted by Crippen LogP contribution is -2.25. The molecule has 1 fully saturated rings. The van der Waals surface area contributed by atoms with E-state index in [1.54, 1.807) is 6.07 Å². The van der Waals surface area contributed by atoms with Crippen LogP contribution in [0.25, 0.3) is 11.0 Å². The molecule has 1 aliphatic rings. The SMILES string of the molecule is C[C@H](c1ccccc1)n1c([C@@H]2CC(=O)N(c3cccc(C(F)(F)F)c3)C2)nc2ccccc21. The summed E-state index contributed by atoms with van der Waals surface area (Å²) in [6.07, 6.45) is -4.27. The predicted molar refractivity (Wildman–Crippen MR) is 121 cm³/mol. The number of benzene rings is 3. The molecule has 0 bridgehead atoms. The number of carbonyl (C=O) groups is 1. The number of halogens is 3. The molecule has 0 spiro atoms. The van der Waals surface area contributed by atoms with Gasteiger partial charge in [-0.3, -0.25) is 4.79 Å². The van der Waals surface area contributed by atoms with E-state index in [0.717, 1.165) is 34.6 Å². The number of hydrogen-bond acceptors (Lipinski definition) is 2. The van der Waals surface area contributed by atoms with Crippen LogP contribution < -0.4 is 4.90 Å². The molecular formula is C26H22F3N3O. The Bertz CT molecular complexity index is 1310. The Morgan fingerprint density at radius 1 is 0.970 bits per heavy atom. The lowest BCUT2D eigenvalue weighted by molar-refractivity contribution is -0.137. The summed E-state index contributed by atoms with van der Waals surface area (Å²) < 4.78 is 41.7. The molecule has 4 aromatic rings. The normalized spacial score (nSPS) is 17.6. The average Bonchev–Trinajstić information content (AvgIpc) is 3.39. The first-order valence-electron chi connectivity index (χ1n) is 10.8. The first-order chi connectivity index (χ1) is 15.8. The van der Waals surface area contributed by atoms with Crippen LogP contribution in [0.3, 0.4) is 0 Å². The van der Waals surface area contributed by atoms with Crippen molar-refractivity contribution in [2.24, 2.45) is 0 Å².